The van der Waals surface area contributed by atoms with E-state index in [9.17, 15) is 13.6 Å². The molecule has 32 heavy (non-hydrogen) atoms. The van der Waals surface area contributed by atoms with Gasteiger partial charge in [0.25, 0.3) is 5.91 Å². The van der Waals surface area contributed by atoms with E-state index in [0.717, 1.165) is 4.47 Å². The van der Waals surface area contributed by atoms with Crippen molar-refractivity contribution in [2.75, 3.05) is 12.2 Å². The Hall–Kier alpha value is -2.88. The molecule has 0 saturated carbocycles. The SMILES string of the molecule is NC(=O)c1cc2nc(Nc3c(Cl)ccc(Cl)c3F)n(-c3ccc(Br)cc3)c2cc1OCF. The van der Waals surface area contributed by atoms with Gasteiger partial charge in [0.15, 0.2) is 5.82 Å². The largest absolute Gasteiger partial charge is 0.462 e. The first kappa shape index (κ1) is 22.3. The summed E-state index contributed by atoms with van der Waals surface area (Å²) < 4.78 is 35.0. The van der Waals surface area contributed by atoms with Gasteiger partial charge in [0.05, 0.1) is 32.3 Å². The maximum absolute atomic E-state index is 14.7. The van der Waals surface area contributed by atoms with Crippen molar-refractivity contribution >= 4 is 67.7 Å². The van der Waals surface area contributed by atoms with Crippen molar-refractivity contribution in [3.63, 3.8) is 0 Å². The molecule has 0 spiro atoms. The van der Waals surface area contributed by atoms with E-state index in [-0.39, 0.29) is 33.0 Å². The summed E-state index contributed by atoms with van der Waals surface area (Å²) in [5.74, 6) is -1.46. The van der Waals surface area contributed by atoms with Gasteiger partial charge in [0.1, 0.15) is 5.75 Å². The first-order valence-corrected chi connectivity index (χ1v) is 10.6. The van der Waals surface area contributed by atoms with Crippen molar-refractivity contribution in [3.8, 4) is 11.4 Å². The van der Waals surface area contributed by atoms with Crippen molar-refractivity contribution in [3.05, 3.63) is 74.4 Å². The van der Waals surface area contributed by atoms with E-state index in [1.165, 1.54) is 24.3 Å². The Balaban J connectivity index is 1.99. The van der Waals surface area contributed by atoms with Gasteiger partial charge in [0, 0.05) is 16.2 Å². The van der Waals surface area contributed by atoms with Crippen LogP contribution >= 0.6 is 39.1 Å². The molecule has 1 aromatic heterocycles. The maximum Gasteiger partial charge on any atom is 0.252 e. The fourth-order valence-corrected chi connectivity index (χ4v) is 3.78. The summed E-state index contributed by atoms with van der Waals surface area (Å²) in [7, 11) is 0. The van der Waals surface area contributed by atoms with E-state index in [0.29, 0.717) is 16.7 Å². The zero-order valence-electron chi connectivity index (χ0n) is 16.0. The zero-order chi connectivity index (χ0) is 23.0. The number of nitrogens with two attached hydrogens (primary N) is 1. The Morgan fingerprint density at radius 2 is 1.84 bits per heavy atom. The molecule has 6 nitrogen and oxygen atoms in total. The van der Waals surface area contributed by atoms with Crippen LogP contribution in [0.25, 0.3) is 16.7 Å². The molecular formula is C21H13BrCl2F2N4O2. The number of anilines is 2. The molecule has 4 aromatic rings. The molecule has 4 rings (SSSR count). The Morgan fingerprint density at radius 1 is 1.16 bits per heavy atom. The number of halogens is 5. The first-order chi connectivity index (χ1) is 15.3. The fourth-order valence-electron chi connectivity index (χ4n) is 3.16. The van der Waals surface area contributed by atoms with E-state index >= 15 is 0 Å². The van der Waals surface area contributed by atoms with Gasteiger partial charge in [-0.15, -0.1) is 0 Å². The number of aromatic nitrogens is 2. The number of fused-ring (bicyclic) bond motifs is 1. The van der Waals surface area contributed by atoms with Crippen LogP contribution in [0.5, 0.6) is 5.75 Å². The fraction of sp³-hybridized carbons (Fsp3) is 0.0476. The van der Waals surface area contributed by atoms with E-state index in [4.69, 9.17) is 33.7 Å². The smallest absolute Gasteiger partial charge is 0.252 e. The van der Waals surface area contributed by atoms with E-state index in [1.807, 2.05) is 0 Å². The molecule has 3 aromatic carbocycles. The number of hydrogen-bond acceptors (Lipinski definition) is 4. The molecule has 1 amide bonds. The number of rotatable bonds is 6. The second-order valence-electron chi connectivity index (χ2n) is 6.55. The second-order valence-corrected chi connectivity index (χ2v) is 8.28. The van der Waals surface area contributed by atoms with E-state index in [2.05, 4.69) is 26.2 Å². The highest BCUT2D eigenvalue weighted by Crippen LogP contribution is 2.36. The van der Waals surface area contributed by atoms with Crippen molar-refractivity contribution in [1.82, 2.24) is 9.55 Å². The van der Waals surface area contributed by atoms with Crippen LogP contribution in [0.1, 0.15) is 10.4 Å². The quantitative estimate of drug-likeness (QED) is 0.277. The predicted molar refractivity (Wildman–Crippen MR) is 124 cm³/mol. The number of nitrogens with zero attached hydrogens (tertiary/aromatic N) is 2. The van der Waals surface area contributed by atoms with Crippen molar-refractivity contribution in [2.45, 2.75) is 0 Å². The average molecular weight is 542 g/mol. The van der Waals surface area contributed by atoms with Gasteiger partial charge in [0.2, 0.25) is 12.8 Å². The van der Waals surface area contributed by atoms with Crippen molar-refractivity contribution in [2.24, 2.45) is 5.73 Å². The Morgan fingerprint density at radius 3 is 2.50 bits per heavy atom. The average Bonchev–Trinajstić information content (AvgIpc) is 3.11. The van der Waals surface area contributed by atoms with Crippen molar-refractivity contribution in [1.29, 1.82) is 0 Å². The second kappa shape index (κ2) is 8.93. The number of imidazole rings is 1. The van der Waals surface area contributed by atoms with Gasteiger partial charge in [-0.25, -0.2) is 13.8 Å². The van der Waals surface area contributed by atoms with Gasteiger partial charge in [-0.1, -0.05) is 39.1 Å². The topological polar surface area (TPSA) is 82.2 Å². The molecule has 0 saturated heterocycles. The number of primary amides is 1. The van der Waals surface area contributed by atoms with Crippen LogP contribution < -0.4 is 15.8 Å². The number of amides is 1. The van der Waals surface area contributed by atoms with Gasteiger partial charge in [-0.05, 0) is 42.5 Å². The summed E-state index contributed by atoms with van der Waals surface area (Å²) in [6.07, 6.45) is 0. The van der Waals surface area contributed by atoms with Crippen LogP contribution in [0.3, 0.4) is 0 Å². The number of carbonyl (C=O) groups excluding carboxylic acids is 1. The van der Waals surface area contributed by atoms with Gasteiger partial charge >= 0.3 is 0 Å². The normalized spacial score (nSPS) is 11.0. The summed E-state index contributed by atoms with van der Waals surface area (Å²) >= 11 is 15.5. The van der Waals surface area contributed by atoms with E-state index < -0.39 is 18.6 Å². The lowest BCUT2D eigenvalue weighted by Gasteiger charge is -2.14. The summed E-state index contributed by atoms with van der Waals surface area (Å²) in [6, 6.07) is 12.8. The minimum absolute atomic E-state index is 0.0471. The Bertz CT molecular complexity index is 1350. The third-order valence-corrected chi connectivity index (χ3v) is 5.73. The number of nitrogens with one attached hydrogen (secondary N) is 1. The van der Waals surface area contributed by atoms with Crippen molar-refractivity contribution < 1.29 is 18.3 Å². The molecule has 3 N–H and O–H groups in total. The van der Waals surface area contributed by atoms with Gasteiger partial charge in [-0.3, -0.25) is 9.36 Å². The first-order valence-electron chi connectivity index (χ1n) is 9.01. The Kier molecular flexibility index (Phi) is 6.23. The van der Waals surface area contributed by atoms with Crippen LogP contribution in [-0.2, 0) is 0 Å². The molecule has 11 heteroatoms. The molecule has 0 unspecified atom stereocenters. The van der Waals surface area contributed by atoms with Gasteiger partial charge in [-0.2, -0.15) is 0 Å². The molecule has 0 radical (unpaired) electrons. The molecule has 1 heterocycles. The maximum atomic E-state index is 14.7. The third kappa shape index (κ3) is 4.11. The summed E-state index contributed by atoms with van der Waals surface area (Å²) in [5.41, 5.74) is 6.69. The number of alkyl halides is 1. The molecule has 0 atom stereocenters. The molecule has 0 aliphatic carbocycles. The minimum Gasteiger partial charge on any atom is -0.462 e. The summed E-state index contributed by atoms with van der Waals surface area (Å²) in [5, 5.41) is 2.83. The number of hydrogen-bond donors (Lipinski definition) is 2. The highest BCUT2D eigenvalue weighted by atomic mass is 79.9. The monoisotopic (exact) mass is 540 g/mol. The van der Waals surface area contributed by atoms with Crippen LogP contribution in [-0.4, -0.2) is 22.3 Å². The lowest BCUT2D eigenvalue weighted by molar-refractivity contribution is 0.0993. The molecule has 0 bridgehead atoms. The zero-order valence-corrected chi connectivity index (χ0v) is 19.1. The standard InChI is InChI=1S/C21H13BrCl2F2N4O2/c22-10-1-3-11(4-2-10)30-16-8-17(32-9-25)12(20(27)31)7-15(16)28-21(30)29-19-14(24)6-5-13(23)18(19)26/h1-8H,9H2,(H2,27,31)(H,28,29). The predicted octanol–water partition coefficient (Wildman–Crippen LogP) is 6.38. The minimum atomic E-state index is -1.16. The highest BCUT2D eigenvalue weighted by Gasteiger charge is 2.21. The third-order valence-electron chi connectivity index (χ3n) is 4.60. The van der Waals surface area contributed by atoms with E-state index in [1.54, 1.807) is 28.8 Å². The van der Waals surface area contributed by atoms with Crippen LogP contribution in [0.2, 0.25) is 10.0 Å². The number of benzene rings is 3. The molecule has 0 fully saturated rings. The van der Waals surface area contributed by atoms with Gasteiger partial charge < -0.3 is 15.8 Å². The summed E-state index contributed by atoms with van der Waals surface area (Å²) in [6.45, 7) is -1.16. The molecule has 0 aliphatic heterocycles. The molecule has 0 aliphatic rings. The van der Waals surface area contributed by atoms with Crippen LogP contribution in [0.4, 0.5) is 20.4 Å². The highest BCUT2D eigenvalue weighted by molar-refractivity contribution is 9.10. The lowest BCUT2D eigenvalue weighted by Crippen LogP contribution is -2.13. The molecule has 164 valence electrons. The molecular weight excluding hydrogens is 529 g/mol. The summed E-state index contributed by atoms with van der Waals surface area (Å²) in [4.78, 5) is 16.3. The number of carbonyl (C=O) groups is 1. The lowest BCUT2D eigenvalue weighted by atomic mass is 10.1. The number of ether oxygens (including phenoxy) is 1. The van der Waals surface area contributed by atoms with Crippen LogP contribution in [0, 0.1) is 5.82 Å². The Labute approximate surface area is 199 Å². The van der Waals surface area contributed by atoms with Crippen LogP contribution in [0.15, 0.2) is 53.0 Å².